The first kappa shape index (κ1) is 15.8. The van der Waals surface area contributed by atoms with Gasteiger partial charge in [0, 0.05) is 45.1 Å². The second-order valence-corrected chi connectivity index (χ2v) is 6.63. The number of aromatic nitrogens is 1. The molecule has 3 rings (SSSR count). The van der Waals surface area contributed by atoms with E-state index in [2.05, 4.69) is 41.1 Å². The summed E-state index contributed by atoms with van der Waals surface area (Å²) in [5, 5.41) is 0. The maximum Gasteiger partial charge on any atom is 0.255 e. The van der Waals surface area contributed by atoms with Gasteiger partial charge in [-0.15, -0.1) is 0 Å². The van der Waals surface area contributed by atoms with Crippen LogP contribution in [0.2, 0.25) is 0 Å². The third-order valence-electron chi connectivity index (χ3n) is 4.51. The number of carbonyl (C=O) groups excluding carboxylic acids is 1. The number of nitrogens with zero attached hydrogens (tertiary/aromatic N) is 2. The summed E-state index contributed by atoms with van der Waals surface area (Å²) < 4.78 is 0. The molecule has 1 aliphatic heterocycles. The first-order valence-electron chi connectivity index (χ1n) is 8.32. The summed E-state index contributed by atoms with van der Waals surface area (Å²) in [7, 11) is 0. The van der Waals surface area contributed by atoms with Crippen molar-refractivity contribution in [1.29, 1.82) is 0 Å². The summed E-state index contributed by atoms with van der Waals surface area (Å²) >= 11 is 0. The van der Waals surface area contributed by atoms with Gasteiger partial charge in [0.1, 0.15) is 0 Å². The number of H-pyrrole nitrogens is 1. The van der Waals surface area contributed by atoms with Crippen molar-refractivity contribution in [3.63, 3.8) is 0 Å². The van der Waals surface area contributed by atoms with Crippen molar-refractivity contribution >= 4 is 5.91 Å². The minimum atomic E-state index is 0.150. The molecule has 1 fully saturated rings. The average Bonchev–Trinajstić information content (AvgIpc) is 2.88. The molecule has 0 unspecified atom stereocenters. The van der Waals surface area contributed by atoms with Crippen LogP contribution in [-0.4, -0.2) is 46.9 Å². The number of nitrogens with one attached hydrogen (secondary N) is 1. The molecule has 2 heterocycles. The third-order valence-corrected chi connectivity index (χ3v) is 4.51. The predicted octanol–water partition coefficient (Wildman–Crippen LogP) is 2.92. The molecular weight excluding hydrogens is 286 g/mol. The van der Waals surface area contributed by atoms with Gasteiger partial charge in [-0.3, -0.25) is 9.69 Å². The molecule has 23 heavy (non-hydrogen) atoms. The molecule has 0 saturated carbocycles. The Morgan fingerprint density at radius 1 is 1.17 bits per heavy atom. The van der Waals surface area contributed by atoms with Gasteiger partial charge >= 0.3 is 0 Å². The normalized spacial score (nSPS) is 19.6. The molecule has 1 amide bonds. The van der Waals surface area contributed by atoms with Crippen LogP contribution in [0, 0.1) is 12.8 Å². The second-order valence-electron chi connectivity index (χ2n) is 6.63. The summed E-state index contributed by atoms with van der Waals surface area (Å²) in [5.41, 5.74) is 3.16. The van der Waals surface area contributed by atoms with Crippen molar-refractivity contribution in [2.75, 3.05) is 26.2 Å². The number of rotatable bonds is 3. The van der Waals surface area contributed by atoms with E-state index in [1.165, 1.54) is 5.56 Å². The highest BCUT2D eigenvalue weighted by molar-refractivity contribution is 5.95. The molecule has 4 heteroatoms. The van der Waals surface area contributed by atoms with Gasteiger partial charge in [-0.1, -0.05) is 37.3 Å². The van der Waals surface area contributed by atoms with Crippen LogP contribution in [0.25, 0.3) is 0 Å². The van der Waals surface area contributed by atoms with Crippen molar-refractivity contribution in [3.05, 3.63) is 59.4 Å². The molecule has 1 saturated heterocycles. The Morgan fingerprint density at radius 2 is 1.96 bits per heavy atom. The van der Waals surface area contributed by atoms with E-state index in [0.29, 0.717) is 5.92 Å². The summed E-state index contributed by atoms with van der Waals surface area (Å²) in [6, 6.07) is 10.6. The fraction of sp³-hybridized carbons (Fsp3) is 0.421. The van der Waals surface area contributed by atoms with Gasteiger partial charge in [0.25, 0.3) is 5.91 Å². The summed E-state index contributed by atoms with van der Waals surface area (Å²) in [6.45, 7) is 8.74. The van der Waals surface area contributed by atoms with Crippen molar-refractivity contribution in [3.8, 4) is 0 Å². The van der Waals surface area contributed by atoms with Crippen LogP contribution in [0.1, 0.15) is 28.4 Å². The maximum absolute atomic E-state index is 12.7. The zero-order valence-corrected chi connectivity index (χ0v) is 14.0. The van der Waals surface area contributed by atoms with Crippen molar-refractivity contribution in [2.45, 2.75) is 20.4 Å². The van der Waals surface area contributed by atoms with E-state index in [4.69, 9.17) is 0 Å². The minimum absolute atomic E-state index is 0.150. The van der Waals surface area contributed by atoms with Gasteiger partial charge < -0.3 is 9.88 Å². The van der Waals surface area contributed by atoms with Gasteiger partial charge in [-0.2, -0.15) is 0 Å². The van der Waals surface area contributed by atoms with E-state index in [9.17, 15) is 4.79 Å². The fourth-order valence-electron chi connectivity index (χ4n) is 3.33. The molecule has 0 radical (unpaired) electrons. The molecule has 1 aromatic carbocycles. The predicted molar refractivity (Wildman–Crippen MR) is 92.3 cm³/mol. The zero-order valence-electron chi connectivity index (χ0n) is 14.0. The molecule has 2 aromatic rings. The standard InChI is InChI=1S/C19H25N3O/c1-15-12-21(14-17-6-4-3-5-7-17)8-9-22(13-15)19(23)18-11-20-10-16(18)2/h3-7,10-11,15,20H,8-9,12-14H2,1-2H3/t15-/m1/s1. The Labute approximate surface area is 138 Å². The lowest BCUT2D eigenvalue weighted by Crippen LogP contribution is -2.35. The van der Waals surface area contributed by atoms with E-state index in [1.807, 2.05) is 30.3 Å². The van der Waals surface area contributed by atoms with Crippen LogP contribution < -0.4 is 0 Å². The van der Waals surface area contributed by atoms with Crippen LogP contribution in [0.15, 0.2) is 42.7 Å². The van der Waals surface area contributed by atoms with Crippen molar-refractivity contribution in [1.82, 2.24) is 14.8 Å². The van der Waals surface area contributed by atoms with Crippen molar-refractivity contribution < 1.29 is 4.79 Å². The Morgan fingerprint density at radius 3 is 2.65 bits per heavy atom. The Kier molecular flexibility index (Phi) is 4.82. The molecule has 0 spiro atoms. The summed E-state index contributed by atoms with van der Waals surface area (Å²) in [4.78, 5) is 20.2. The molecule has 1 aliphatic rings. The Bertz CT molecular complexity index is 650. The van der Waals surface area contributed by atoms with Gasteiger partial charge in [0.05, 0.1) is 5.56 Å². The quantitative estimate of drug-likeness (QED) is 0.946. The van der Waals surface area contributed by atoms with Crippen LogP contribution in [0.4, 0.5) is 0 Å². The fourth-order valence-corrected chi connectivity index (χ4v) is 3.33. The Balaban J connectivity index is 1.66. The van der Waals surface area contributed by atoms with E-state index in [1.54, 1.807) is 0 Å². The SMILES string of the molecule is Cc1c[nH]cc1C(=O)N1CCN(Cc2ccccc2)C[C@@H](C)C1. The highest BCUT2D eigenvalue weighted by Gasteiger charge is 2.25. The Hall–Kier alpha value is -2.07. The highest BCUT2D eigenvalue weighted by Crippen LogP contribution is 2.16. The van der Waals surface area contributed by atoms with Crippen LogP contribution in [-0.2, 0) is 6.54 Å². The van der Waals surface area contributed by atoms with Crippen molar-refractivity contribution in [2.24, 2.45) is 5.92 Å². The first-order chi connectivity index (χ1) is 11.1. The van der Waals surface area contributed by atoms with Gasteiger partial charge in [-0.05, 0) is 24.0 Å². The lowest BCUT2D eigenvalue weighted by atomic mass is 10.1. The van der Waals surface area contributed by atoms with Gasteiger partial charge in [-0.25, -0.2) is 0 Å². The number of aromatic amines is 1. The summed E-state index contributed by atoms with van der Waals surface area (Å²) in [6.07, 6.45) is 3.70. The molecule has 122 valence electrons. The molecule has 0 aliphatic carbocycles. The number of hydrogen-bond acceptors (Lipinski definition) is 2. The molecule has 0 bridgehead atoms. The zero-order chi connectivity index (χ0) is 16.2. The molecule has 1 N–H and O–H groups in total. The van der Waals surface area contributed by atoms with Crippen LogP contribution in [0.3, 0.4) is 0 Å². The van der Waals surface area contributed by atoms with E-state index < -0.39 is 0 Å². The van der Waals surface area contributed by atoms with Crippen LogP contribution >= 0.6 is 0 Å². The largest absolute Gasteiger partial charge is 0.367 e. The number of benzene rings is 1. The smallest absolute Gasteiger partial charge is 0.255 e. The topological polar surface area (TPSA) is 39.3 Å². The molecule has 1 atom stereocenters. The maximum atomic E-state index is 12.7. The first-order valence-corrected chi connectivity index (χ1v) is 8.32. The number of hydrogen-bond donors (Lipinski definition) is 1. The lowest BCUT2D eigenvalue weighted by Gasteiger charge is -2.22. The number of carbonyl (C=O) groups is 1. The third kappa shape index (κ3) is 3.82. The van der Waals surface area contributed by atoms with E-state index in [0.717, 1.165) is 43.9 Å². The van der Waals surface area contributed by atoms with E-state index >= 15 is 0 Å². The monoisotopic (exact) mass is 311 g/mol. The molecular formula is C19H25N3O. The average molecular weight is 311 g/mol. The molecule has 4 nitrogen and oxygen atoms in total. The summed E-state index contributed by atoms with van der Waals surface area (Å²) in [5.74, 6) is 0.626. The number of aryl methyl sites for hydroxylation is 1. The minimum Gasteiger partial charge on any atom is -0.367 e. The van der Waals surface area contributed by atoms with Gasteiger partial charge in [0.2, 0.25) is 0 Å². The highest BCUT2D eigenvalue weighted by atomic mass is 16.2. The lowest BCUT2D eigenvalue weighted by molar-refractivity contribution is 0.0748. The second kappa shape index (κ2) is 7.01. The van der Waals surface area contributed by atoms with E-state index in [-0.39, 0.29) is 5.91 Å². The number of amides is 1. The van der Waals surface area contributed by atoms with Crippen LogP contribution in [0.5, 0.6) is 0 Å². The van der Waals surface area contributed by atoms with Gasteiger partial charge in [0.15, 0.2) is 0 Å². The molecule has 1 aromatic heterocycles.